The molecule has 20 heavy (non-hydrogen) atoms. The van der Waals surface area contributed by atoms with Gasteiger partial charge in [-0.25, -0.2) is 0 Å². The van der Waals surface area contributed by atoms with Gasteiger partial charge in [-0.3, -0.25) is 4.79 Å². The Morgan fingerprint density at radius 3 is 2.95 bits per heavy atom. The summed E-state index contributed by atoms with van der Waals surface area (Å²) in [6, 6.07) is 8.33. The normalized spacial score (nSPS) is 29.9. The van der Waals surface area contributed by atoms with Crippen LogP contribution < -0.4 is 0 Å². The number of likely N-dealkylation sites (tertiary alicyclic amines) is 1. The molecule has 1 N–H and O–H groups in total. The van der Waals surface area contributed by atoms with Gasteiger partial charge in [0.1, 0.15) is 0 Å². The quantitative estimate of drug-likeness (QED) is 0.852. The third-order valence-electron chi connectivity index (χ3n) is 4.89. The Balaban J connectivity index is 1.91. The molecule has 0 saturated carbocycles. The Kier molecular flexibility index (Phi) is 3.55. The third-order valence-corrected chi connectivity index (χ3v) is 4.89. The smallest absolute Gasteiger partial charge is 0.233 e. The summed E-state index contributed by atoms with van der Waals surface area (Å²) in [6.45, 7) is 3.36. The summed E-state index contributed by atoms with van der Waals surface area (Å²) in [7, 11) is 0. The maximum atomic E-state index is 13.0. The number of amides is 1. The minimum atomic E-state index is -0.411. The molecule has 0 aromatic heterocycles. The molecule has 0 spiro atoms. The lowest BCUT2D eigenvalue weighted by Gasteiger charge is -2.41. The highest BCUT2D eigenvalue weighted by molar-refractivity contribution is 5.88. The van der Waals surface area contributed by atoms with Crippen LogP contribution >= 0.6 is 0 Å². The van der Waals surface area contributed by atoms with E-state index in [0.29, 0.717) is 6.54 Å². The molecule has 108 valence electrons. The molecule has 1 saturated heterocycles. The monoisotopic (exact) mass is 273 g/mol. The molecule has 3 nitrogen and oxygen atoms in total. The van der Waals surface area contributed by atoms with Crippen molar-refractivity contribution >= 4 is 5.91 Å². The molecule has 1 aliphatic heterocycles. The molecule has 1 heterocycles. The van der Waals surface area contributed by atoms with Crippen LogP contribution in [0.15, 0.2) is 24.3 Å². The van der Waals surface area contributed by atoms with Crippen molar-refractivity contribution in [2.75, 3.05) is 13.1 Å². The lowest BCUT2D eigenvalue weighted by Crippen LogP contribution is -2.51. The SMILES string of the molecule is CC1(C(=O)N2CCCC(O)C2)CCCc2ccccc21. The van der Waals surface area contributed by atoms with E-state index in [2.05, 4.69) is 25.1 Å². The zero-order valence-corrected chi connectivity index (χ0v) is 12.1. The Bertz CT molecular complexity index is 513. The van der Waals surface area contributed by atoms with Crippen molar-refractivity contribution < 1.29 is 9.90 Å². The van der Waals surface area contributed by atoms with E-state index in [0.717, 1.165) is 38.6 Å². The van der Waals surface area contributed by atoms with Crippen molar-refractivity contribution in [3.63, 3.8) is 0 Å². The van der Waals surface area contributed by atoms with E-state index >= 15 is 0 Å². The summed E-state index contributed by atoms with van der Waals surface area (Å²) in [5.74, 6) is 0.198. The zero-order chi connectivity index (χ0) is 14.2. The Labute approximate surface area is 120 Å². The first kappa shape index (κ1) is 13.6. The minimum Gasteiger partial charge on any atom is -0.391 e. The van der Waals surface area contributed by atoms with E-state index in [4.69, 9.17) is 0 Å². The number of aryl methyl sites for hydroxylation is 1. The van der Waals surface area contributed by atoms with Crippen molar-refractivity contribution in [2.24, 2.45) is 0 Å². The first-order valence-electron chi connectivity index (χ1n) is 7.67. The standard InChI is InChI=1S/C17H23NO2/c1-17(16(20)18-11-5-8-14(19)12-18)10-4-7-13-6-2-3-9-15(13)17/h2-3,6,9,14,19H,4-5,7-8,10-12H2,1H3. The predicted octanol–water partition coefficient (Wildman–Crippen LogP) is 2.26. The largest absolute Gasteiger partial charge is 0.391 e. The summed E-state index contributed by atoms with van der Waals surface area (Å²) in [5, 5.41) is 9.81. The molecular weight excluding hydrogens is 250 g/mol. The van der Waals surface area contributed by atoms with E-state index in [1.807, 2.05) is 11.0 Å². The molecule has 1 amide bonds. The summed E-state index contributed by atoms with van der Waals surface area (Å²) in [4.78, 5) is 14.9. The maximum absolute atomic E-state index is 13.0. The summed E-state index contributed by atoms with van der Waals surface area (Å²) < 4.78 is 0. The zero-order valence-electron chi connectivity index (χ0n) is 12.1. The highest BCUT2D eigenvalue weighted by Gasteiger charge is 2.42. The van der Waals surface area contributed by atoms with Gasteiger partial charge in [0, 0.05) is 13.1 Å². The van der Waals surface area contributed by atoms with Crippen molar-refractivity contribution in [3.8, 4) is 0 Å². The first-order chi connectivity index (χ1) is 9.61. The second-order valence-electron chi connectivity index (χ2n) is 6.39. The lowest BCUT2D eigenvalue weighted by molar-refractivity contribution is -0.140. The number of rotatable bonds is 1. The molecule has 3 rings (SSSR count). The van der Waals surface area contributed by atoms with E-state index in [1.54, 1.807) is 0 Å². The molecule has 3 heteroatoms. The molecule has 2 aliphatic rings. The Morgan fingerprint density at radius 1 is 1.35 bits per heavy atom. The molecule has 1 aromatic carbocycles. The Morgan fingerprint density at radius 2 is 2.15 bits per heavy atom. The number of benzene rings is 1. The van der Waals surface area contributed by atoms with E-state index in [1.165, 1.54) is 11.1 Å². The number of carbonyl (C=O) groups excluding carboxylic acids is 1. The topological polar surface area (TPSA) is 40.5 Å². The second kappa shape index (κ2) is 5.21. The minimum absolute atomic E-state index is 0.198. The van der Waals surface area contributed by atoms with Crippen molar-refractivity contribution in [3.05, 3.63) is 35.4 Å². The number of fused-ring (bicyclic) bond motifs is 1. The average molecular weight is 273 g/mol. The van der Waals surface area contributed by atoms with E-state index in [-0.39, 0.29) is 12.0 Å². The fourth-order valence-corrected chi connectivity index (χ4v) is 3.75. The van der Waals surface area contributed by atoms with E-state index in [9.17, 15) is 9.90 Å². The molecule has 2 unspecified atom stereocenters. The van der Waals surface area contributed by atoms with Crippen molar-refractivity contribution in [2.45, 2.75) is 50.5 Å². The summed E-state index contributed by atoms with van der Waals surface area (Å²) >= 11 is 0. The van der Waals surface area contributed by atoms with Crippen LogP contribution in [0.1, 0.15) is 43.7 Å². The fourth-order valence-electron chi connectivity index (χ4n) is 3.75. The van der Waals surface area contributed by atoms with Crippen molar-refractivity contribution in [1.82, 2.24) is 4.90 Å². The maximum Gasteiger partial charge on any atom is 0.233 e. The van der Waals surface area contributed by atoms with Crippen LogP contribution in [-0.2, 0) is 16.6 Å². The Hall–Kier alpha value is -1.35. The van der Waals surface area contributed by atoms with Gasteiger partial charge in [-0.2, -0.15) is 0 Å². The van der Waals surface area contributed by atoms with Crippen LogP contribution in [0.5, 0.6) is 0 Å². The fraction of sp³-hybridized carbons (Fsp3) is 0.588. The molecule has 1 aromatic rings. The van der Waals surface area contributed by atoms with Crippen LogP contribution in [0, 0.1) is 0 Å². The van der Waals surface area contributed by atoms with Gasteiger partial charge in [0.05, 0.1) is 11.5 Å². The molecular formula is C17H23NO2. The second-order valence-corrected chi connectivity index (χ2v) is 6.39. The number of β-amino-alcohol motifs (C(OH)–C–C–N with tert-alkyl or cyclic N) is 1. The number of nitrogens with zero attached hydrogens (tertiary/aromatic N) is 1. The van der Waals surface area contributed by atoms with Gasteiger partial charge in [0.25, 0.3) is 0 Å². The highest BCUT2D eigenvalue weighted by atomic mass is 16.3. The number of piperidine rings is 1. The van der Waals surface area contributed by atoms with E-state index < -0.39 is 5.41 Å². The van der Waals surface area contributed by atoms with Crippen LogP contribution in [0.25, 0.3) is 0 Å². The van der Waals surface area contributed by atoms with Crippen LogP contribution in [0.2, 0.25) is 0 Å². The molecule has 0 radical (unpaired) electrons. The molecule has 1 fully saturated rings. The lowest BCUT2D eigenvalue weighted by atomic mass is 9.70. The molecule has 1 aliphatic carbocycles. The van der Waals surface area contributed by atoms with Gasteiger partial charge in [-0.05, 0) is 50.2 Å². The van der Waals surface area contributed by atoms with Gasteiger partial charge in [0.15, 0.2) is 0 Å². The average Bonchev–Trinajstić information content (AvgIpc) is 2.47. The van der Waals surface area contributed by atoms with Crippen LogP contribution in [0.3, 0.4) is 0 Å². The molecule has 2 atom stereocenters. The van der Waals surface area contributed by atoms with Gasteiger partial charge in [-0.1, -0.05) is 24.3 Å². The van der Waals surface area contributed by atoms with Crippen molar-refractivity contribution in [1.29, 1.82) is 0 Å². The van der Waals surface area contributed by atoms with Crippen LogP contribution in [0.4, 0.5) is 0 Å². The number of carbonyl (C=O) groups is 1. The van der Waals surface area contributed by atoms with Gasteiger partial charge < -0.3 is 10.0 Å². The number of aliphatic hydroxyl groups excluding tert-OH is 1. The summed E-state index contributed by atoms with van der Waals surface area (Å²) in [5.41, 5.74) is 2.09. The highest BCUT2D eigenvalue weighted by Crippen LogP contribution is 2.39. The molecule has 0 bridgehead atoms. The summed E-state index contributed by atoms with van der Waals surface area (Å²) in [6.07, 6.45) is 4.42. The van der Waals surface area contributed by atoms with Gasteiger partial charge in [0.2, 0.25) is 5.91 Å². The van der Waals surface area contributed by atoms with Gasteiger partial charge in [-0.15, -0.1) is 0 Å². The van der Waals surface area contributed by atoms with Crippen LogP contribution in [-0.4, -0.2) is 35.1 Å². The number of aliphatic hydroxyl groups is 1. The predicted molar refractivity (Wildman–Crippen MR) is 78.6 cm³/mol. The third kappa shape index (κ3) is 2.24. The first-order valence-corrected chi connectivity index (χ1v) is 7.67. The number of hydrogen-bond acceptors (Lipinski definition) is 2. The number of hydrogen-bond donors (Lipinski definition) is 1. The van der Waals surface area contributed by atoms with Gasteiger partial charge >= 0.3 is 0 Å².